The second kappa shape index (κ2) is 8.33. The maximum atomic E-state index is 12.2. The number of piperazine rings is 1. The summed E-state index contributed by atoms with van der Waals surface area (Å²) < 4.78 is 36.6. The Morgan fingerprint density at radius 2 is 2.13 bits per heavy atom. The molecule has 1 atom stereocenters. The fraction of sp³-hybridized carbons (Fsp3) is 0.733. The van der Waals surface area contributed by atoms with Gasteiger partial charge in [0.25, 0.3) is 0 Å². The number of alkyl halides is 3. The lowest BCUT2D eigenvalue weighted by molar-refractivity contribution is -0.142. The van der Waals surface area contributed by atoms with Crippen LogP contribution >= 0.6 is 0 Å². The van der Waals surface area contributed by atoms with Crippen LogP contribution in [0.15, 0.2) is 12.2 Å². The summed E-state index contributed by atoms with van der Waals surface area (Å²) in [4.78, 5) is 26.7. The van der Waals surface area contributed by atoms with Crippen molar-refractivity contribution in [3.63, 3.8) is 0 Å². The third-order valence-electron chi connectivity index (χ3n) is 3.44. The molecular weight excluding hydrogens is 311 g/mol. The predicted molar refractivity (Wildman–Crippen MR) is 80.7 cm³/mol. The van der Waals surface area contributed by atoms with Crippen molar-refractivity contribution >= 4 is 11.8 Å². The molecule has 0 saturated carbocycles. The third kappa shape index (κ3) is 7.02. The molecule has 1 unspecified atom stereocenters. The van der Waals surface area contributed by atoms with Crippen LogP contribution in [0, 0.1) is 5.92 Å². The molecule has 1 rings (SSSR count). The standard InChI is InChI=1S/C15H24F3N3O2/c1-11(2)9-12-14(23)19-6-8-21(12)13(22)5-4-7-20(3)10-15(16,17)18/h4-5,11-12H,6-10H2,1-3H3,(H,19,23). The van der Waals surface area contributed by atoms with E-state index in [-0.39, 0.29) is 24.3 Å². The second-order valence-electron chi connectivity index (χ2n) is 6.18. The van der Waals surface area contributed by atoms with Crippen molar-refractivity contribution in [3.8, 4) is 0 Å². The maximum absolute atomic E-state index is 12.2. The Balaban J connectivity index is 2.60. The molecule has 5 nitrogen and oxygen atoms in total. The van der Waals surface area contributed by atoms with Crippen LogP contribution in [-0.4, -0.2) is 67.1 Å². The van der Waals surface area contributed by atoms with Crippen molar-refractivity contribution in [2.45, 2.75) is 32.5 Å². The molecule has 23 heavy (non-hydrogen) atoms. The fourth-order valence-corrected chi connectivity index (χ4v) is 2.46. The number of halogens is 3. The van der Waals surface area contributed by atoms with Crippen molar-refractivity contribution < 1.29 is 22.8 Å². The van der Waals surface area contributed by atoms with Crippen molar-refractivity contribution in [1.29, 1.82) is 0 Å². The number of likely N-dealkylation sites (N-methyl/N-ethyl adjacent to an activating group) is 1. The summed E-state index contributed by atoms with van der Waals surface area (Å²) in [6.45, 7) is 3.71. The summed E-state index contributed by atoms with van der Waals surface area (Å²) in [5.74, 6) is -0.271. The number of nitrogens with one attached hydrogen (secondary N) is 1. The Labute approximate surface area is 134 Å². The second-order valence-corrected chi connectivity index (χ2v) is 6.18. The van der Waals surface area contributed by atoms with Gasteiger partial charge in [-0.15, -0.1) is 0 Å². The van der Waals surface area contributed by atoms with Gasteiger partial charge in [0.1, 0.15) is 6.04 Å². The minimum atomic E-state index is -4.26. The van der Waals surface area contributed by atoms with E-state index in [9.17, 15) is 22.8 Å². The molecule has 1 fully saturated rings. The van der Waals surface area contributed by atoms with Gasteiger partial charge in [0.15, 0.2) is 0 Å². The molecule has 2 amide bonds. The van der Waals surface area contributed by atoms with Gasteiger partial charge in [-0.3, -0.25) is 14.5 Å². The van der Waals surface area contributed by atoms with Crippen molar-refractivity contribution in [3.05, 3.63) is 12.2 Å². The Bertz CT molecular complexity index is 450. The van der Waals surface area contributed by atoms with Crippen LogP contribution in [0.3, 0.4) is 0 Å². The highest BCUT2D eigenvalue weighted by Crippen LogP contribution is 2.16. The molecule has 0 radical (unpaired) electrons. The van der Waals surface area contributed by atoms with E-state index < -0.39 is 18.8 Å². The summed E-state index contributed by atoms with van der Waals surface area (Å²) in [5, 5.41) is 2.73. The number of carbonyl (C=O) groups excluding carboxylic acids is 2. The number of hydrogen-bond acceptors (Lipinski definition) is 3. The molecule has 0 bridgehead atoms. The highest BCUT2D eigenvalue weighted by atomic mass is 19.4. The summed E-state index contributed by atoms with van der Waals surface area (Å²) >= 11 is 0. The zero-order chi connectivity index (χ0) is 17.6. The van der Waals surface area contributed by atoms with E-state index in [1.165, 1.54) is 24.1 Å². The molecule has 0 aromatic heterocycles. The molecule has 1 aliphatic rings. The van der Waals surface area contributed by atoms with Gasteiger partial charge in [0.2, 0.25) is 11.8 Å². The van der Waals surface area contributed by atoms with Gasteiger partial charge >= 0.3 is 6.18 Å². The summed E-state index contributed by atoms with van der Waals surface area (Å²) in [6, 6.07) is -0.520. The average Bonchev–Trinajstić information content (AvgIpc) is 2.38. The fourth-order valence-electron chi connectivity index (χ4n) is 2.46. The van der Waals surface area contributed by atoms with Gasteiger partial charge in [0, 0.05) is 25.7 Å². The number of hydrogen-bond donors (Lipinski definition) is 1. The first-order valence-corrected chi connectivity index (χ1v) is 7.60. The van der Waals surface area contributed by atoms with E-state index in [4.69, 9.17) is 0 Å². The Morgan fingerprint density at radius 3 is 2.70 bits per heavy atom. The minimum absolute atomic E-state index is 0.0140. The van der Waals surface area contributed by atoms with E-state index in [0.29, 0.717) is 19.5 Å². The summed E-state index contributed by atoms with van der Waals surface area (Å²) in [6.07, 6.45) is -1.06. The molecule has 1 heterocycles. The first kappa shape index (κ1) is 19.5. The van der Waals surface area contributed by atoms with Crippen LogP contribution in [-0.2, 0) is 9.59 Å². The number of carbonyl (C=O) groups is 2. The minimum Gasteiger partial charge on any atom is -0.353 e. The highest BCUT2D eigenvalue weighted by molar-refractivity contribution is 5.93. The quantitative estimate of drug-likeness (QED) is 0.747. The van der Waals surface area contributed by atoms with E-state index in [2.05, 4.69) is 5.32 Å². The first-order valence-electron chi connectivity index (χ1n) is 7.60. The highest BCUT2D eigenvalue weighted by Gasteiger charge is 2.32. The van der Waals surface area contributed by atoms with Crippen LogP contribution in [0.1, 0.15) is 20.3 Å². The lowest BCUT2D eigenvalue weighted by Gasteiger charge is -2.35. The van der Waals surface area contributed by atoms with E-state index >= 15 is 0 Å². The van der Waals surface area contributed by atoms with Gasteiger partial charge in [-0.2, -0.15) is 13.2 Å². The largest absolute Gasteiger partial charge is 0.401 e. The zero-order valence-corrected chi connectivity index (χ0v) is 13.7. The molecule has 1 saturated heterocycles. The first-order chi connectivity index (χ1) is 10.6. The predicted octanol–water partition coefficient (Wildman–Crippen LogP) is 1.41. The Kier molecular flexibility index (Phi) is 7.05. The van der Waals surface area contributed by atoms with Crippen molar-refractivity contribution in [1.82, 2.24) is 15.1 Å². The van der Waals surface area contributed by atoms with Gasteiger partial charge in [-0.25, -0.2) is 0 Å². The molecule has 1 N–H and O–H groups in total. The number of rotatable bonds is 6. The van der Waals surface area contributed by atoms with Gasteiger partial charge in [-0.1, -0.05) is 19.9 Å². The number of nitrogens with zero attached hydrogens (tertiary/aromatic N) is 2. The summed E-state index contributed by atoms with van der Waals surface area (Å²) in [7, 11) is 1.33. The third-order valence-corrected chi connectivity index (χ3v) is 3.44. The van der Waals surface area contributed by atoms with Crippen LogP contribution < -0.4 is 5.32 Å². The SMILES string of the molecule is CC(C)CC1C(=O)NCCN1C(=O)C=CCN(C)CC(F)(F)F. The van der Waals surface area contributed by atoms with Gasteiger partial charge in [0.05, 0.1) is 6.54 Å². The Morgan fingerprint density at radius 1 is 1.48 bits per heavy atom. The molecule has 1 aliphatic heterocycles. The average molecular weight is 335 g/mol. The molecule has 0 aliphatic carbocycles. The van der Waals surface area contributed by atoms with Crippen molar-refractivity contribution in [2.75, 3.05) is 33.2 Å². The lowest BCUT2D eigenvalue weighted by atomic mass is 10.00. The van der Waals surface area contributed by atoms with E-state index in [0.717, 1.165) is 4.90 Å². The molecule has 0 spiro atoms. The lowest BCUT2D eigenvalue weighted by Crippen LogP contribution is -2.57. The maximum Gasteiger partial charge on any atom is 0.401 e. The smallest absolute Gasteiger partial charge is 0.353 e. The van der Waals surface area contributed by atoms with E-state index in [1.807, 2.05) is 13.8 Å². The van der Waals surface area contributed by atoms with Gasteiger partial charge < -0.3 is 10.2 Å². The van der Waals surface area contributed by atoms with Crippen LogP contribution in [0.25, 0.3) is 0 Å². The molecule has 0 aromatic carbocycles. The van der Waals surface area contributed by atoms with Crippen molar-refractivity contribution in [2.24, 2.45) is 5.92 Å². The zero-order valence-electron chi connectivity index (χ0n) is 13.7. The number of amides is 2. The molecule has 132 valence electrons. The monoisotopic (exact) mass is 335 g/mol. The van der Waals surface area contributed by atoms with E-state index in [1.54, 1.807) is 0 Å². The van der Waals surface area contributed by atoms with Crippen LogP contribution in [0.5, 0.6) is 0 Å². The van der Waals surface area contributed by atoms with Crippen LogP contribution in [0.2, 0.25) is 0 Å². The summed E-state index contributed by atoms with van der Waals surface area (Å²) in [5.41, 5.74) is 0. The topological polar surface area (TPSA) is 52.7 Å². The Hall–Kier alpha value is -1.57. The molecule has 8 heteroatoms. The normalized spacial score (nSPS) is 19.7. The molecule has 0 aromatic rings. The van der Waals surface area contributed by atoms with Crippen LogP contribution in [0.4, 0.5) is 13.2 Å². The molecular formula is C15H24F3N3O2. The van der Waals surface area contributed by atoms with Gasteiger partial charge in [-0.05, 0) is 19.4 Å².